The van der Waals surface area contributed by atoms with Gasteiger partial charge in [-0.25, -0.2) is 5.43 Å². The lowest BCUT2D eigenvalue weighted by Crippen LogP contribution is -2.18. The number of carbonyl (C=O) groups is 1. The predicted molar refractivity (Wildman–Crippen MR) is 112 cm³/mol. The summed E-state index contributed by atoms with van der Waals surface area (Å²) in [5, 5.41) is 25.8. The Morgan fingerprint density at radius 1 is 1.00 bits per heavy atom. The normalized spacial score (nSPS) is 10.6. The highest BCUT2D eigenvalue weighted by molar-refractivity contribution is 5.99. The maximum atomic E-state index is 12.0. The number of hydrogen-bond donors (Lipinski definition) is 2. The highest BCUT2D eigenvalue weighted by Gasteiger charge is 2.21. The molecule has 0 unspecified atom stereocenters. The van der Waals surface area contributed by atoms with Gasteiger partial charge in [-0.05, 0) is 48.0 Å². The van der Waals surface area contributed by atoms with Crippen LogP contribution < -0.4 is 15.9 Å². The van der Waals surface area contributed by atoms with Gasteiger partial charge in [0.05, 0.1) is 27.7 Å². The zero-order valence-corrected chi connectivity index (χ0v) is 15.8. The number of hydrazone groups is 1. The first-order chi connectivity index (χ1) is 14.8. The van der Waals surface area contributed by atoms with E-state index >= 15 is 0 Å². The van der Waals surface area contributed by atoms with E-state index < -0.39 is 27.1 Å². The molecule has 3 rings (SSSR count). The Bertz CT molecular complexity index is 1180. The van der Waals surface area contributed by atoms with Gasteiger partial charge in [-0.2, -0.15) is 5.10 Å². The summed E-state index contributed by atoms with van der Waals surface area (Å²) >= 11 is 0. The minimum Gasteiger partial charge on any atom is -0.450 e. The van der Waals surface area contributed by atoms with Crippen LogP contribution in [0.1, 0.15) is 15.9 Å². The summed E-state index contributed by atoms with van der Waals surface area (Å²) < 4.78 is 5.48. The van der Waals surface area contributed by atoms with Gasteiger partial charge in [-0.3, -0.25) is 25.0 Å². The average molecular weight is 421 g/mol. The third-order valence-electron chi connectivity index (χ3n) is 4.04. The third kappa shape index (κ3) is 5.17. The number of nitrogen functional groups attached to an aromatic ring is 1. The molecule has 0 saturated carbocycles. The Hall–Kier alpha value is -4.80. The number of carbonyl (C=O) groups excluding carboxylic acids is 1. The molecule has 0 spiro atoms. The Morgan fingerprint density at radius 3 is 2.35 bits per heavy atom. The van der Waals surface area contributed by atoms with Crippen molar-refractivity contribution in [2.24, 2.45) is 5.10 Å². The second-order valence-electron chi connectivity index (χ2n) is 6.12. The van der Waals surface area contributed by atoms with Crippen LogP contribution in [0.5, 0.6) is 11.5 Å². The Balaban J connectivity index is 1.67. The number of nitro groups is 2. The summed E-state index contributed by atoms with van der Waals surface area (Å²) in [6.45, 7) is 0. The van der Waals surface area contributed by atoms with E-state index in [0.717, 1.165) is 18.2 Å². The molecule has 31 heavy (non-hydrogen) atoms. The SMILES string of the molecule is Nc1ccccc1C(=O)N/N=C\c1ccc(Oc2ccc([N+](=O)[O-])cc2[N+](=O)[O-])cc1. The van der Waals surface area contributed by atoms with Gasteiger partial charge in [0.15, 0.2) is 0 Å². The van der Waals surface area contributed by atoms with Crippen LogP contribution >= 0.6 is 0 Å². The van der Waals surface area contributed by atoms with Gasteiger partial charge in [-0.15, -0.1) is 0 Å². The molecule has 11 heteroatoms. The average Bonchev–Trinajstić information content (AvgIpc) is 2.75. The summed E-state index contributed by atoms with van der Waals surface area (Å²) in [7, 11) is 0. The van der Waals surface area contributed by atoms with Crippen molar-refractivity contribution < 1.29 is 19.4 Å². The van der Waals surface area contributed by atoms with Crippen LogP contribution in [0, 0.1) is 20.2 Å². The molecule has 3 aromatic carbocycles. The number of amides is 1. The molecule has 0 fully saturated rings. The Morgan fingerprint density at radius 2 is 1.71 bits per heavy atom. The molecular weight excluding hydrogens is 406 g/mol. The molecule has 3 N–H and O–H groups in total. The van der Waals surface area contributed by atoms with Crippen molar-refractivity contribution in [2.45, 2.75) is 0 Å². The quantitative estimate of drug-likeness (QED) is 0.254. The largest absolute Gasteiger partial charge is 0.450 e. The van der Waals surface area contributed by atoms with Gasteiger partial charge in [-0.1, -0.05) is 12.1 Å². The number of benzene rings is 3. The Labute approximate surface area is 175 Å². The topological polar surface area (TPSA) is 163 Å². The van der Waals surface area contributed by atoms with Crippen LogP contribution in [0.4, 0.5) is 17.1 Å². The van der Waals surface area contributed by atoms with Gasteiger partial charge in [0, 0.05) is 11.8 Å². The van der Waals surface area contributed by atoms with Gasteiger partial charge in [0.1, 0.15) is 5.75 Å². The number of rotatable bonds is 7. The number of para-hydroxylation sites is 1. The number of nitrogens with zero attached hydrogens (tertiary/aromatic N) is 3. The molecule has 1 amide bonds. The van der Waals surface area contributed by atoms with Crippen LogP contribution in [0.15, 0.2) is 71.8 Å². The van der Waals surface area contributed by atoms with E-state index in [1.165, 1.54) is 18.3 Å². The molecule has 0 aliphatic heterocycles. The van der Waals surface area contributed by atoms with Crippen molar-refractivity contribution in [3.8, 4) is 11.5 Å². The zero-order chi connectivity index (χ0) is 22.4. The first-order valence-corrected chi connectivity index (χ1v) is 8.74. The van der Waals surface area contributed by atoms with Crippen molar-refractivity contribution in [3.63, 3.8) is 0 Å². The molecule has 3 aromatic rings. The van der Waals surface area contributed by atoms with Crippen LogP contribution in [0.3, 0.4) is 0 Å². The van der Waals surface area contributed by atoms with Crippen LogP contribution in [0.2, 0.25) is 0 Å². The zero-order valence-electron chi connectivity index (χ0n) is 15.8. The molecule has 0 heterocycles. The van der Waals surface area contributed by atoms with E-state index in [9.17, 15) is 25.0 Å². The molecule has 0 aromatic heterocycles. The van der Waals surface area contributed by atoms with E-state index in [2.05, 4.69) is 10.5 Å². The predicted octanol–water partition coefficient (Wildman–Crippen LogP) is 3.64. The summed E-state index contributed by atoms with van der Waals surface area (Å²) in [4.78, 5) is 32.5. The molecule has 0 aliphatic carbocycles. The fourth-order valence-electron chi connectivity index (χ4n) is 2.53. The van der Waals surface area contributed by atoms with E-state index in [1.807, 2.05) is 0 Å². The van der Waals surface area contributed by atoms with Gasteiger partial charge in [0.2, 0.25) is 5.75 Å². The van der Waals surface area contributed by atoms with E-state index in [-0.39, 0.29) is 11.5 Å². The molecule has 0 aliphatic rings. The van der Waals surface area contributed by atoms with Crippen molar-refractivity contribution in [1.82, 2.24) is 5.43 Å². The van der Waals surface area contributed by atoms with Crippen molar-refractivity contribution in [2.75, 3.05) is 5.73 Å². The van der Waals surface area contributed by atoms with Crippen LogP contribution in [-0.4, -0.2) is 22.0 Å². The lowest BCUT2D eigenvalue weighted by molar-refractivity contribution is -0.394. The fourth-order valence-corrected chi connectivity index (χ4v) is 2.53. The lowest BCUT2D eigenvalue weighted by atomic mass is 10.2. The van der Waals surface area contributed by atoms with E-state index in [4.69, 9.17) is 10.5 Å². The van der Waals surface area contributed by atoms with Crippen molar-refractivity contribution >= 4 is 29.2 Å². The first-order valence-electron chi connectivity index (χ1n) is 8.74. The summed E-state index contributed by atoms with van der Waals surface area (Å²) in [5.74, 6) is -0.320. The minimum atomic E-state index is -0.758. The highest BCUT2D eigenvalue weighted by atomic mass is 16.6. The number of hydrogen-bond acceptors (Lipinski definition) is 8. The lowest BCUT2D eigenvalue weighted by Gasteiger charge is -2.06. The smallest absolute Gasteiger partial charge is 0.318 e. The van der Waals surface area contributed by atoms with Crippen molar-refractivity contribution in [3.05, 3.63) is 98.1 Å². The number of nitrogens with one attached hydrogen (secondary N) is 1. The van der Waals surface area contributed by atoms with Gasteiger partial charge in [0.25, 0.3) is 11.6 Å². The van der Waals surface area contributed by atoms with Crippen LogP contribution in [-0.2, 0) is 0 Å². The summed E-state index contributed by atoms with van der Waals surface area (Å²) in [6, 6.07) is 16.0. The number of nitro benzene ring substituents is 2. The molecule has 11 nitrogen and oxygen atoms in total. The molecular formula is C20H15N5O6. The maximum Gasteiger partial charge on any atom is 0.318 e. The second-order valence-corrected chi connectivity index (χ2v) is 6.12. The van der Waals surface area contributed by atoms with Crippen molar-refractivity contribution in [1.29, 1.82) is 0 Å². The number of non-ortho nitro benzene ring substituents is 1. The first kappa shape index (κ1) is 20.9. The monoisotopic (exact) mass is 421 g/mol. The summed E-state index contributed by atoms with van der Waals surface area (Å²) in [5.41, 5.74) is 8.41. The summed E-state index contributed by atoms with van der Waals surface area (Å²) in [6.07, 6.45) is 1.40. The fraction of sp³-hybridized carbons (Fsp3) is 0. The third-order valence-corrected chi connectivity index (χ3v) is 4.04. The standard InChI is InChI=1S/C20H15N5O6/c21-17-4-2-1-3-16(17)20(26)23-22-12-13-5-8-15(9-6-13)31-19-10-7-14(24(27)28)11-18(19)25(29)30/h1-12H,21H2,(H,23,26)/b22-12-. The maximum absolute atomic E-state index is 12.0. The number of anilines is 1. The number of ether oxygens (including phenoxy) is 1. The molecule has 0 radical (unpaired) electrons. The minimum absolute atomic E-state index is 0.135. The van der Waals surface area contributed by atoms with Gasteiger partial charge >= 0.3 is 5.69 Å². The van der Waals surface area contributed by atoms with Gasteiger partial charge < -0.3 is 10.5 Å². The second kappa shape index (κ2) is 9.13. The Kier molecular flexibility index (Phi) is 6.16. The molecule has 0 atom stereocenters. The van der Waals surface area contributed by atoms with Crippen LogP contribution in [0.25, 0.3) is 0 Å². The van der Waals surface area contributed by atoms with E-state index in [0.29, 0.717) is 16.8 Å². The highest BCUT2D eigenvalue weighted by Crippen LogP contribution is 2.34. The number of nitrogens with two attached hydrogens (primary N) is 1. The van der Waals surface area contributed by atoms with E-state index in [1.54, 1.807) is 36.4 Å². The molecule has 0 saturated heterocycles. The molecule has 0 bridgehead atoms. The molecule has 156 valence electrons.